The Labute approximate surface area is 171 Å². The Kier molecular flexibility index (Phi) is 7.02. The molecule has 2 rings (SSSR count). The van der Waals surface area contributed by atoms with Crippen molar-refractivity contribution in [3.05, 3.63) is 59.2 Å². The van der Waals surface area contributed by atoms with Gasteiger partial charge in [0.15, 0.2) is 0 Å². The largest absolute Gasteiger partial charge is 0.465 e. The highest BCUT2D eigenvalue weighted by Gasteiger charge is 2.31. The first kappa shape index (κ1) is 22.4. The van der Waals surface area contributed by atoms with Crippen LogP contribution in [0.3, 0.4) is 0 Å². The number of amides is 1. The minimum absolute atomic E-state index is 0.266. The standard InChI is InChI=1S/C21H26N2O5S/c1-6-19(23(29(5,26)27)17-11-7-14(2)8-12-17)20(24)22-18-13-16(21(25)28-4)10-9-15(18)3/h7-13,19H,6H2,1-5H3,(H,22,24)/t19-/m1/s1. The molecule has 2 aromatic carbocycles. The number of aryl methyl sites for hydroxylation is 2. The fraction of sp³-hybridized carbons (Fsp3) is 0.333. The van der Waals surface area contributed by atoms with E-state index in [1.54, 1.807) is 50.2 Å². The number of ether oxygens (including phenoxy) is 1. The van der Waals surface area contributed by atoms with Gasteiger partial charge in [-0.25, -0.2) is 13.2 Å². The number of nitrogens with one attached hydrogen (secondary N) is 1. The van der Waals surface area contributed by atoms with Gasteiger partial charge in [-0.1, -0.05) is 30.7 Å². The Morgan fingerprint density at radius 1 is 1.10 bits per heavy atom. The van der Waals surface area contributed by atoms with Crippen molar-refractivity contribution in [2.45, 2.75) is 33.2 Å². The van der Waals surface area contributed by atoms with Crippen LogP contribution in [0.4, 0.5) is 11.4 Å². The molecule has 1 atom stereocenters. The number of methoxy groups -OCH3 is 1. The highest BCUT2D eigenvalue weighted by atomic mass is 32.2. The first-order valence-electron chi connectivity index (χ1n) is 9.14. The lowest BCUT2D eigenvalue weighted by Gasteiger charge is -2.30. The molecule has 156 valence electrons. The molecule has 29 heavy (non-hydrogen) atoms. The van der Waals surface area contributed by atoms with Gasteiger partial charge in [0.25, 0.3) is 0 Å². The van der Waals surface area contributed by atoms with E-state index in [1.165, 1.54) is 13.2 Å². The minimum Gasteiger partial charge on any atom is -0.465 e. The van der Waals surface area contributed by atoms with E-state index in [0.717, 1.165) is 21.7 Å². The summed E-state index contributed by atoms with van der Waals surface area (Å²) in [5.41, 5.74) is 2.85. The molecule has 0 radical (unpaired) electrons. The van der Waals surface area contributed by atoms with Gasteiger partial charge in [0.05, 0.1) is 24.6 Å². The molecule has 0 heterocycles. The average Bonchev–Trinajstić information content (AvgIpc) is 2.67. The number of hydrogen-bond donors (Lipinski definition) is 1. The SMILES string of the molecule is CC[C@H](C(=O)Nc1cc(C(=O)OC)ccc1C)N(c1ccc(C)cc1)S(C)(=O)=O. The van der Waals surface area contributed by atoms with Crippen molar-refractivity contribution in [1.29, 1.82) is 0 Å². The number of esters is 1. The zero-order valence-electron chi connectivity index (χ0n) is 17.2. The van der Waals surface area contributed by atoms with E-state index in [2.05, 4.69) is 5.32 Å². The molecule has 0 aliphatic rings. The topological polar surface area (TPSA) is 92.8 Å². The summed E-state index contributed by atoms with van der Waals surface area (Å²) in [6, 6.07) is 10.8. The number of carbonyl (C=O) groups excluding carboxylic acids is 2. The smallest absolute Gasteiger partial charge is 0.337 e. The number of rotatable bonds is 7. The van der Waals surface area contributed by atoms with E-state index in [1.807, 2.05) is 6.92 Å². The predicted octanol–water partition coefficient (Wildman–Crippen LogP) is 3.27. The number of carbonyl (C=O) groups is 2. The second-order valence-corrected chi connectivity index (χ2v) is 8.69. The Morgan fingerprint density at radius 3 is 2.24 bits per heavy atom. The third-order valence-corrected chi connectivity index (χ3v) is 5.71. The zero-order valence-corrected chi connectivity index (χ0v) is 18.0. The van der Waals surface area contributed by atoms with Crippen molar-refractivity contribution in [3.63, 3.8) is 0 Å². The van der Waals surface area contributed by atoms with Crippen LogP contribution in [0, 0.1) is 13.8 Å². The Bertz CT molecular complexity index is 1000. The fourth-order valence-electron chi connectivity index (χ4n) is 2.97. The molecule has 1 amide bonds. The number of anilines is 2. The first-order chi connectivity index (χ1) is 13.6. The van der Waals surface area contributed by atoms with E-state index in [9.17, 15) is 18.0 Å². The van der Waals surface area contributed by atoms with E-state index >= 15 is 0 Å². The lowest BCUT2D eigenvalue weighted by Crippen LogP contribution is -2.47. The molecule has 0 spiro atoms. The van der Waals surface area contributed by atoms with Gasteiger partial charge >= 0.3 is 5.97 Å². The van der Waals surface area contributed by atoms with Gasteiger partial charge in [-0.15, -0.1) is 0 Å². The van der Waals surface area contributed by atoms with E-state index in [-0.39, 0.29) is 6.42 Å². The highest BCUT2D eigenvalue weighted by molar-refractivity contribution is 7.92. The number of benzene rings is 2. The van der Waals surface area contributed by atoms with Crippen LogP contribution in [0.5, 0.6) is 0 Å². The second kappa shape index (κ2) is 9.09. The molecular weight excluding hydrogens is 392 g/mol. The van der Waals surface area contributed by atoms with E-state index < -0.39 is 27.9 Å². The van der Waals surface area contributed by atoms with Crippen LogP contribution in [-0.4, -0.2) is 39.7 Å². The molecule has 8 heteroatoms. The summed E-state index contributed by atoms with van der Waals surface area (Å²) in [7, 11) is -2.44. The molecule has 0 aromatic heterocycles. The van der Waals surface area contributed by atoms with Gasteiger partial charge in [0.1, 0.15) is 6.04 Å². The first-order valence-corrected chi connectivity index (χ1v) is 11.0. The molecule has 0 aliphatic heterocycles. The molecule has 0 fully saturated rings. The predicted molar refractivity (Wildman–Crippen MR) is 114 cm³/mol. The second-order valence-electron chi connectivity index (χ2n) is 6.83. The average molecular weight is 419 g/mol. The van der Waals surface area contributed by atoms with Crippen molar-refractivity contribution < 1.29 is 22.7 Å². The molecule has 0 saturated heterocycles. The molecule has 0 saturated carbocycles. The maximum Gasteiger partial charge on any atom is 0.337 e. The third-order valence-electron chi connectivity index (χ3n) is 4.53. The van der Waals surface area contributed by atoms with E-state index in [0.29, 0.717) is 16.9 Å². The van der Waals surface area contributed by atoms with Crippen molar-refractivity contribution in [3.8, 4) is 0 Å². The van der Waals surface area contributed by atoms with Crippen LogP contribution in [0.1, 0.15) is 34.8 Å². The van der Waals surface area contributed by atoms with Crippen LogP contribution < -0.4 is 9.62 Å². The highest BCUT2D eigenvalue weighted by Crippen LogP contribution is 2.25. The van der Waals surface area contributed by atoms with Gasteiger partial charge in [-0.05, 0) is 50.1 Å². The quantitative estimate of drug-likeness (QED) is 0.697. The number of nitrogens with zero attached hydrogens (tertiary/aromatic N) is 1. The van der Waals surface area contributed by atoms with Gasteiger partial charge in [0.2, 0.25) is 15.9 Å². The molecule has 0 aliphatic carbocycles. The molecule has 0 bridgehead atoms. The molecule has 1 N–H and O–H groups in total. The summed E-state index contributed by atoms with van der Waals surface area (Å²) in [6.07, 6.45) is 1.34. The molecule has 2 aromatic rings. The van der Waals surface area contributed by atoms with Crippen molar-refractivity contribution in [2.75, 3.05) is 23.0 Å². The minimum atomic E-state index is -3.72. The summed E-state index contributed by atoms with van der Waals surface area (Å²) in [4.78, 5) is 24.8. The van der Waals surface area contributed by atoms with Crippen LogP contribution in [0.15, 0.2) is 42.5 Å². The Balaban J connectivity index is 2.40. The van der Waals surface area contributed by atoms with Crippen molar-refractivity contribution in [2.24, 2.45) is 0 Å². The van der Waals surface area contributed by atoms with Crippen LogP contribution in [0.25, 0.3) is 0 Å². The summed E-state index contributed by atoms with van der Waals surface area (Å²) >= 11 is 0. The van der Waals surface area contributed by atoms with Gasteiger partial charge in [-0.2, -0.15) is 0 Å². The summed E-state index contributed by atoms with van der Waals surface area (Å²) < 4.78 is 30.9. The summed E-state index contributed by atoms with van der Waals surface area (Å²) in [5.74, 6) is -1.01. The van der Waals surface area contributed by atoms with Crippen LogP contribution >= 0.6 is 0 Å². The fourth-order valence-corrected chi connectivity index (χ4v) is 4.18. The number of hydrogen-bond acceptors (Lipinski definition) is 5. The van der Waals surface area contributed by atoms with Crippen LogP contribution in [0.2, 0.25) is 0 Å². The third kappa shape index (κ3) is 5.35. The van der Waals surface area contributed by atoms with Crippen LogP contribution in [-0.2, 0) is 19.6 Å². The summed E-state index contributed by atoms with van der Waals surface area (Å²) in [6.45, 7) is 5.43. The maximum absolute atomic E-state index is 13.0. The molecule has 7 nitrogen and oxygen atoms in total. The maximum atomic E-state index is 13.0. The monoisotopic (exact) mass is 418 g/mol. The zero-order chi connectivity index (χ0) is 21.8. The molecule has 0 unspecified atom stereocenters. The summed E-state index contributed by atoms with van der Waals surface area (Å²) in [5, 5.41) is 2.76. The normalized spacial score (nSPS) is 12.2. The molecular formula is C21H26N2O5S. The lowest BCUT2D eigenvalue weighted by atomic mass is 10.1. The number of sulfonamides is 1. The Morgan fingerprint density at radius 2 is 1.72 bits per heavy atom. The van der Waals surface area contributed by atoms with Crippen molar-refractivity contribution >= 4 is 33.3 Å². The lowest BCUT2D eigenvalue weighted by molar-refractivity contribution is -0.117. The van der Waals surface area contributed by atoms with Gasteiger partial charge < -0.3 is 10.1 Å². The van der Waals surface area contributed by atoms with Crippen molar-refractivity contribution in [1.82, 2.24) is 0 Å². The van der Waals surface area contributed by atoms with Gasteiger partial charge in [-0.3, -0.25) is 9.10 Å². The Hall–Kier alpha value is -2.87. The van der Waals surface area contributed by atoms with Gasteiger partial charge in [0, 0.05) is 5.69 Å². The van der Waals surface area contributed by atoms with E-state index in [4.69, 9.17) is 4.74 Å².